The summed E-state index contributed by atoms with van der Waals surface area (Å²) in [6.07, 6.45) is 1.56. The van der Waals surface area contributed by atoms with E-state index in [0.717, 1.165) is 0 Å². The van der Waals surface area contributed by atoms with Crippen LogP contribution in [0.4, 0.5) is 5.69 Å². The Morgan fingerprint density at radius 3 is 2.76 bits per heavy atom. The maximum atomic E-state index is 11.1. The van der Waals surface area contributed by atoms with Crippen LogP contribution in [0.15, 0.2) is 24.4 Å². The van der Waals surface area contributed by atoms with Gasteiger partial charge in [0.1, 0.15) is 0 Å². The first-order chi connectivity index (χ1) is 7.99. The van der Waals surface area contributed by atoms with Gasteiger partial charge in [0, 0.05) is 11.9 Å². The summed E-state index contributed by atoms with van der Waals surface area (Å²) in [5.41, 5.74) is 7.11. The normalized spacial score (nSPS) is 10.5. The summed E-state index contributed by atoms with van der Waals surface area (Å²) < 4.78 is 1.43. The van der Waals surface area contributed by atoms with Crippen LogP contribution in [0.1, 0.15) is 16.1 Å². The number of carboxylic acids is 1. The number of aromatic carboxylic acids is 1. The molecule has 3 N–H and O–H groups in total. The second kappa shape index (κ2) is 4.10. The third kappa shape index (κ3) is 2.09. The van der Waals surface area contributed by atoms with Crippen molar-refractivity contribution in [3.8, 4) is 5.69 Å². The Balaban J connectivity index is 2.62. The molecule has 0 saturated heterocycles. The van der Waals surface area contributed by atoms with Crippen LogP contribution in [-0.2, 0) is 0 Å². The SMILES string of the molecule is Cc1nn(-c2ccc(N)cc2C(=O)O)cc1Cl. The summed E-state index contributed by atoms with van der Waals surface area (Å²) in [7, 11) is 0. The highest BCUT2D eigenvalue weighted by Crippen LogP contribution is 2.21. The average Bonchev–Trinajstić information content (AvgIpc) is 2.59. The van der Waals surface area contributed by atoms with E-state index < -0.39 is 5.97 Å². The van der Waals surface area contributed by atoms with Crippen molar-refractivity contribution in [2.75, 3.05) is 5.73 Å². The van der Waals surface area contributed by atoms with Crippen molar-refractivity contribution in [2.24, 2.45) is 0 Å². The second-order valence-electron chi connectivity index (χ2n) is 3.59. The smallest absolute Gasteiger partial charge is 0.337 e. The summed E-state index contributed by atoms with van der Waals surface area (Å²) >= 11 is 5.89. The van der Waals surface area contributed by atoms with Crippen LogP contribution in [0.2, 0.25) is 5.02 Å². The molecule has 5 nitrogen and oxygen atoms in total. The Kier molecular flexibility index (Phi) is 2.77. The Morgan fingerprint density at radius 2 is 2.24 bits per heavy atom. The molecule has 17 heavy (non-hydrogen) atoms. The molecule has 0 atom stereocenters. The lowest BCUT2D eigenvalue weighted by molar-refractivity contribution is 0.0697. The van der Waals surface area contributed by atoms with Gasteiger partial charge in [-0.1, -0.05) is 11.6 Å². The van der Waals surface area contributed by atoms with E-state index in [1.165, 1.54) is 10.7 Å². The van der Waals surface area contributed by atoms with Gasteiger partial charge in [-0.05, 0) is 25.1 Å². The van der Waals surface area contributed by atoms with Gasteiger partial charge in [-0.25, -0.2) is 9.48 Å². The Hall–Kier alpha value is -2.01. The molecular formula is C11H10ClN3O2. The number of rotatable bonds is 2. The fourth-order valence-corrected chi connectivity index (χ4v) is 1.62. The molecule has 6 heteroatoms. The molecule has 2 aromatic rings. The molecule has 0 aliphatic rings. The summed E-state index contributed by atoms with van der Waals surface area (Å²) in [6, 6.07) is 4.61. The van der Waals surface area contributed by atoms with E-state index >= 15 is 0 Å². The number of nitrogens with two attached hydrogens (primary N) is 1. The van der Waals surface area contributed by atoms with Crippen molar-refractivity contribution in [1.82, 2.24) is 9.78 Å². The number of hydrogen-bond donors (Lipinski definition) is 2. The van der Waals surface area contributed by atoms with Gasteiger partial charge in [-0.15, -0.1) is 0 Å². The van der Waals surface area contributed by atoms with Crippen LogP contribution < -0.4 is 5.73 Å². The number of halogens is 1. The van der Waals surface area contributed by atoms with Crippen molar-refractivity contribution < 1.29 is 9.90 Å². The zero-order valence-electron chi connectivity index (χ0n) is 9.01. The van der Waals surface area contributed by atoms with Crippen molar-refractivity contribution in [1.29, 1.82) is 0 Å². The van der Waals surface area contributed by atoms with Gasteiger partial charge in [0.05, 0.1) is 22.0 Å². The van der Waals surface area contributed by atoms with Crippen LogP contribution in [0, 0.1) is 6.92 Å². The highest BCUT2D eigenvalue weighted by atomic mass is 35.5. The first-order valence-electron chi connectivity index (χ1n) is 4.84. The standard InChI is InChI=1S/C11H10ClN3O2/c1-6-9(12)5-15(14-6)10-3-2-7(13)4-8(10)11(16)17/h2-5H,13H2,1H3,(H,16,17). The van der Waals surface area contributed by atoms with Crippen molar-refractivity contribution in [2.45, 2.75) is 6.92 Å². The first kappa shape index (κ1) is 11.5. The molecule has 0 aliphatic carbocycles. The van der Waals surface area contributed by atoms with E-state index in [4.69, 9.17) is 22.4 Å². The van der Waals surface area contributed by atoms with Gasteiger partial charge < -0.3 is 10.8 Å². The molecule has 88 valence electrons. The van der Waals surface area contributed by atoms with Crippen molar-refractivity contribution in [3.63, 3.8) is 0 Å². The number of nitrogens with zero attached hydrogens (tertiary/aromatic N) is 2. The van der Waals surface area contributed by atoms with E-state index in [2.05, 4.69) is 5.10 Å². The van der Waals surface area contributed by atoms with E-state index in [0.29, 0.717) is 22.1 Å². The molecule has 0 fully saturated rings. The van der Waals surface area contributed by atoms with Gasteiger partial charge in [-0.3, -0.25) is 0 Å². The monoisotopic (exact) mass is 251 g/mol. The molecule has 0 radical (unpaired) electrons. The minimum atomic E-state index is -1.06. The molecule has 1 aromatic carbocycles. The molecule has 0 saturated carbocycles. The van der Waals surface area contributed by atoms with Gasteiger partial charge in [0.15, 0.2) is 0 Å². The molecule has 1 aromatic heterocycles. The molecule has 0 unspecified atom stereocenters. The number of carboxylic acid groups (broad SMARTS) is 1. The first-order valence-corrected chi connectivity index (χ1v) is 5.22. The number of benzene rings is 1. The fourth-order valence-electron chi connectivity index (χ4n) is 1.49. The zero-order valence-corrected chi connectivity index (χ0v) is 9.77. The Labute approximate surface area is 102 Å². The number of aromatic nitrogens is 2. The number of aryl methyl sites for hydroxylation is 1. The maximum absolute atomic E-state index is 11.1. The number of nitrogen functional groups attached to an aromatic ring is 1. The molecule has 2 rings (SSSR count). The third-order valence-corrected chi connectivity index (χ3v) is 2.71. The summed E-state index contributed by atoms with van der Waals surface area (Å²) in [5.74, 6) is -1.06. The highest BCUT2D eigenvalue weighted by molar-refractivity contribution is 6.31. The lowest BCUT2D eigenvalue weighted by atomic mass is 10.1. The highest BCUT2D eigenvalue weighted by Gasteiger charge is 2.14. The van der Waals surface area contributed by atoms with E-state index in [1.807, 2.05) is 0 Å². The fraction of sp³-hybridized carbons (Fsp3) is 0.0909. The molecule has 0 spiro atoms. The predicted molar refractivity (Wildman–Crippen MR) is 64.7 cm³/mol. The summed E-state index contributed by atoms with van der Waals surface area (Å²) in [4.78, 5) is 11.1. The van der Waals surface area contributed by atoms with E-state index in [1.54, 1.807) is 25.3 Å². The molecule has 0 bridgehead atoms. The molecule has 0 amide bonds. The summed E-state index contributed by atoms with van der Waals surface area (Å²) in [5, 5.41) is 13.7. The average molecular weight is 252 g/mol. The maximum Gasteiger partial charge on any atom is 0.337 e. The predicted octanol–water partition coefficient (Wildman–Crippen LogP) is 2.11. The van der Waals surface area contributed by atoms with E-state index in [9.17, 15) is 4.79 Å². The lowest BCUT2D eigenvalue weighted by Crippen LogP contribution is -2.07. The summed E-state index contributed by atoms with van der Waals surface area (Å²) in [6.45, 7) is 1.75. The topological polar surface area (TPSA) is 81.1 Å². The van der Waals surface area contributed by atoms with Crippen LogP contribution in [-0.4, -0.2) is 20.9 Å². The number of anilines is 1. The Morgan fingerprint density at radius 1 is 1.53 bits per heavy atom. The van der Waals surface area contributed by atoms with Crippen LogP contribution in [0.25, 0.3) is 5.69 Å². The van der Waals surface area contributed by atoms with Gasteiger partial charge in [0.25, 0.3) is 0 Å². The third-order valence-electron chi connectivity index (χ3n) is 2.34. The van der Waals surface area contributed by atoms with Crippen LogP contribution in [0.5, 0.6) is 0 Å². The quantitative estimate of drug-likeness (QED) is 0.801. The van der Waals surface area contributed by atoms with E-state index in [-0.39, 0.29) is 5.56 Å². The minimum Gasteiger partial charge on any atom is -0.478 e. The van der Waals surface area contributed by atoms with Crippen LogP contribution >= 0.6 is 11.6 Å². The second-order valence-corrected chi connectivity index (χ2v) is 4.00. The molecular weight excluding hydrogens is 242 g/mol. The van der Waals surface area contributed by atoms with Gasteiger partial charge in [-0.2, -0.15) is 5.10 Å². The minimum absolute atomic E-state index is 0.0872. The lowest BCUT2D eigenvalue weighted by Gasteiger charge is -2.06. The van der Waals surface area contributed by atoms with Gasteiger partial charge in [0.2, 0.25) is 0 Å². The molecule has 0 aliphatic heterocycles. The zero-order chi connectivity index (χ0) is 12.6. The van der Waals surface area contributed by atoms with Crippen molar-refractivity contribution in [3.05, 3.63) is 40.7 Å². The van der Waals surface area contributed by atoms with Gasteiger partial charge >= 0.3 is 5.97 Å². The number of hydrogen-bond acceptors (Lipinski definition) is 3. The van der Waals surface area contributed by atoms with Crippen LogP contribution in [0.3, 0.4) is 0 Å². The Bertz CT molecular complexity index is 573. The number of carbonyl (C=O) groups is 1. The van der Waals surface area contributed by atoms with Crippen molar-refractivity contribution >= 4 is 23.3 Å². The molecule has 1 heterocycles. The largest absolute Gasteiger partial charge is 0.478 e.